The SMILES string of the molecule is N=C(/C(=C\C(N)=NCCC1CCN(Cc2ccccc2)CC1)Cc1ccccc1)c1ccccc1. The molecule has 4 heteroatoms. The van der Waals surface area contributed by atoms with Crippen LogP contribution in [0.2, 0.25) is 0 Å². The Morgan fingerprint density at radius 1 is 0.857 bits per heavy atom. The van der Waals surface area contributed by atoms with Gasteiger partial charge in [-0.2, -0.15) is 0 Å². The predicted molar refractivity (Wildman–Crippen MR) is 147 cm³/mol. The number of piperidine rings is 1. The number of likely N-dealkylation sites (tertiary alicyclic amines) is 1. The lowest BCUT2D eigenvalue weighted by Gasteiger charge is -2.31. The van der Waals surface area contributed by atoms with E-state index in [1.165, 1.54) is 18.4 Å². The van der Waals surface area contributed by atoms with Gasteiger partial charge in [-0.05, 0) is 73.0 Å². The molecule has 0 spiro atoms. The average molecular weight is 465 g/mol. The van der Waals surface area contributed by atoms with Gasteiger partial charge >= 0.3 is 0 Å². The Hall–Kier alpha value is -3.50. The molecular weight excluding hydrogens is 428 g/mol. The standard InChI is InChI=1S/C31H36N4/c32-30(34-19-16-25-17-20-35(21-18-25)24-27-12-6-2-7-13-27)23-29(22-26-10-4-1-5-11-26)31(33)28-14-8-3-9-15-28/h1-15,23,25,33H,16-22,24H2,(H2,32,34)/b29-23-,33-31?. The highest BCUT2D eigenvalue weighted by atomic mass is 15.1. The Kier molecular flexibility index (Phi) is 9.02. The van der Waals surface area contributed by atoms with Gasteiger partial charge in [-0.3, -0.25) is 15.3 Å². The summed E-state index contributed by atoms with van der Waals surface area (Å²) in [7, 11) is 0. The molecule has 3 N–H and O–H groups in total. The fraction of sp³-hybridized carbons (Fsp3) is 0.290. The summed E-state index contributed by atoms with van der Waals surface area (Å²) in [6.45, 7) is 4.08. The van der Waals surface area contributed by atoms with Gasteiger partial charge in [-0.15, -0.1) is 0 Å². The molecule has 0 amide bonds. The van der Waals surface area contributed by atoms with Crippen LogP contribution in [0.3, 0.4) is 0 Å². The molecule has 4 rings (SSSR count). The minimum atomic E-state index is 0.499. The highest BCUT2D eigenvalue weighted by Crippen LogP contribution is 2.22. The number of hydrogen-bond donors (Lipinski definition) is 2. The van der Waals surface area contributed by atoms with Crippen molar-refractivity contribution in [1.29, 1.82) is 5.41 Å². The number of amidine groups is 1. The Morgan fingerprint density at radius 3 is 2.06 bits per heavy atom. The molecule has 0 unspecified atom stereocenters. The lowest BCUT2D eigenvalue weighted by atomic mass is 9.93. The van der Waals surface area contributed by atoms with Crippen LogP contribution in [0, 0.1) is 11.3 Å². The maximum Gasteiger partial charge on any atom is 0.118 e. The van der Waals surface area contributed by atoms with E-state index in [4.69, 9.17) is 11.1 Å². The second kappa shape index (κ2) is 12.8. The summed E-state index contributed by atoms with van der Waals surface area (Å²) < 4.78 is 0. The summed E-state index contributed by atoms with van der Waals surface area (Å²) in [6.07, 6.45) is 6.05. The molecular formula is C31H36N4. The summed E-state index contributed by atoms with van der Waals surface area (Å²) in [6, 6.07) is 30.8. The van der Waals surface area contributed by atoms with Crippen molar-refractivity contribution >= 4 is 11.5 Å². The Balaban J connectivity index is 1.32. The Labute approximate surface area is 209 Å². The molecule has 180 valence electrons. The van der Waals surface area contributed by atoms with Crippen LogP contribution in [-0.4, -0.2) is 36.1 Å². The first-order chi connectivity index (χ1) is 17.2. The number of allylic oxidation sites excluding steroid dienone is 1. The van der Waals surface area contributed by atoms with Gasteiger partial charge in [0.25, 0.3) is 0 Å². The van der Waals surface area contributed by atoms with Crippen molar-refractivity contribution in [1.82, 2.24) is 4.90 Å². The van der Waals surface area contributed by atoms with Crippen LogP contribution in [0.25, 0.3) is 0 Å². The van der Waals surface area contributed by atoms with Gasteiger partial charge in [0.1, 0.15) is 5.84 Å². The quantitative estimate of drug-likeness (QED) is 0.290. The monoisotopic (exact) mass is 464 g/mol. The predicted octanol–water partition coefficient (Wildman–Crippen LogP) is 5.88. The van der Waals surface area contributed by atoms with Crippen molar-refractivity contribution in [3.63, 3.8) is 0 Å². The molecule has 1 heterocycles. The van der Waals surface area contributed by atoms with E-state index in [2.05, 4.69) is 52.4 Å². The van der Waals surface area contributed by atoms with Crippen molar-refractivity contribution in [2.45, 2.75) is 32.2 Å². The lowest BCUT2D eigenvalue weighted by Crippen LogP contribution is -2.33. The van der Waals surface area contributed by atoms with E-state index in [1.807, 2.05) is 54.6 Å². The van der Waals surface area contributed by atoms with E-state index >= 15 is 0 Å². The highest BCUT2D eigenvalue weighted by Gasteiger charge is 2.19. The molecule has 1 fully saturated rings. The molecule has 0 radical (unpaired) electrons. The highest BCUT2D eigenvalue weighted by molar-refractivity contribution is 6.14. The zero-order chi connectivity index (χ0) is 24.3. The molecule has 0 bridgehead atoms. The second-order valence-electron chi connectivity index (χ2n) is 9.37. The zero-order valence-corrected chi connectivity index (χ0v) is 20.4. The van der Waals surface area contributed by atoms with Gasteiger partial charge in [0.15, 0.2) is 0 Å². The van der Waals surface area contributed by atoms with E-state index in [-0.39, 0.29) is 0 Å². The number of rotatable bonds is 10. The smallest absolute Gasteiger partial charge is 0.118 e. The van der Waals surface area contributed by atoms with Gasteiger partial charge in [-0.25, -0.2) is 0 Å². The molecule has 1 aliphatic rings. The zero-order valence-electron chi connectivity index (χ0n) is 20.4. The maximum atomic E-state index is 8.78. The Bertz CT molecular complexity index is 1110. The largest absolute Gasteiger partial charge is 0.384 e. The topological polar surface area (TPSA) is 65.5 Å². The van der Waals surface area contributed by atoms with E-state index in [0.717, 1.165) is 49.3 Å². The van der Waals surface area contributed by atoms with Crippen LogP contribution >= 0.6 is 0 Å². The number of nitrogens with zero attached hydrogens (tertiary/aromatic N) is 2. The molecule has 1 aliphatic heterocycles. The number of nitrogens with two attached hydrogens (primary N) is 1. The minimum absolute atomic E-state index is 0.499. The molecule has 35 heavy (non-hydrogen) atoms. The third kappa shape index (κ3) is 7.76. The molecule has 3 aromatic carbocycles. The summed E-state index contributed by atoms with van der Waals surface area (Å²) >= 11 is 0. The van der Waals surface area contributed by atoms with Gasteiger partial charge in [0.2, 0.25) is 0 Å². The molecule has 0 saturated carbocycles. The molecule has 1 saturated heterocycles. The van der Waals surface area contributed by atoms with E-state index < -0.39 is 0 Å². The first-order valence-electron chi connectivity index (χ1n) is 12.6. The fourth-order valence-electron chi connectivity index (χ4n) is 4.69. The third-order valence-corrected chi connectivity index (χ3v) is 6.73. The van der Waals surface area contributed by atoms with Crippen molar-refractivity contribution in [3.05, 3.63) is 119 Å². The Morgan fingerprint density at radius 2 is 1.43 bits per heavy atom. The molecule has 4 nitrogen and oxygen atoms in total. The van der Waals surface area contributed by atoms with E-state index in [1.54, 1.807) is 0 Å². The van der Waals surface area contributed by atoms with Crippen LogP contribution in [0.4, 0.5) is 0 Å². The summed E-state index contributed by atoms with van der Waals surface area (Å²) in [5.41, 5.74) is 11.2. The van der Waals surface area contributed by atoms with E-state index in [9.17, 15) is 0 Å². The summed E-state index contributed by atoms with van der Waals surface area (Å²) in [5.74, 6) is 1.21. The molecule has 0 atom stereocenters. The van der Waals surface area contributed by atoms with Crippen LogP contribution in [0.15, 0.2) is 108 Å². The van der Waals surface area contributed by atoms with Crippen molar-refractivity contribution in [2.75, 3.05) is 19.6 Å². The van der Waals surface area contributed by atoms with Gasteiger partial charge in [-0.1, -0.05) is 91.0 Å². The van der Waals surface area contributed by atoms with E-state index in [0.29, 0.717) is 23.9 Å². The van der Waals surface area contributed by atoms with Crippen LogP contribution in [0.5, 0.6) is 0 Å². The van der Waals surface area contributed by atoms with Crippen LogP contribution < -0.4 is 5.73 Å². The number of nitrogens with one attached hydrogen (secondary N) is 1. The van der Waals surface area contributed by atoms with Gasteiger partial charge in [0.05, 0.1) is 5.71 Å². The number of aliphatic imine (C=N–C) groups is 1. The van der Waals surface area contributed by atoms with Crippen LogP contribution in [-0.2, 0) is 13.0 Å². The third-order valence-electron chi connectivity index (χ3n) is 6.73. The number of benzene rings is 3. The minimum Gasteiger partial charge on any atom is -0.384 e. The van der Waals surface area contributed by atoms with Gasteiger partial charge < -0.3 is 5.73 Å². The summed E-state index contributed by atoms with van der Waals surface area (Å²) in [4.78, 5) is 7.22. The van der Waals surface area contributed by atoms with Crippen molar-refractivity contribution in [3.8, 4) is 0 Å². The maximum absolute atomic E-state index is 8.78. The fourth-order valence-corrected chi connectivity index (χ4v) is 4.69. The normalized spacial score (nSPS) is 15.8. The first-order valence-corrected chi connectivity index (χ1v) is 12.6. The second-order valence-corrected chi connectivity index (χ2v) is 9.37. The molecule has 3 aromatic rings. The lowest BCUT2D eigenvalue weighted by molar-refractivity contribution is 0.173. The van der Waals surface area contributed by atoms with Crippen molar-refractivity contribution < 1.29 is 0 Å². The average Bonchev–Trinajstić information content (AvgIpc) is 2.90. The van der Waals surface area contributed by atoms with Gasteiger partial charge in [0, 0.05) is 13.1 Å². The summed E-state index contributed by atoms with van der Waals surface area (Å²) in [5, 5.41) is 8.78. The van der Waals surface area contributed by atoms with Crippen molar-refractivity contribution in [2.24, 2.45) is 16.6 Å². The van der Waals surface area contributed by atoms with Crippen LogP contribution in [0.1, 0.15) is 36.0 Å². The molecule has 0 aromatic heterocycles. The number of hydrogen-bond acceptors (Lipinski definition) is 3. The molecule has 0 aliphatic carbocycles. The first kappa shape index (κ1) is 24.6.